The summed E-state index contributed by atoms with van der Waals surface area (Å²) in [7, 11) is 0. The monoisotopic (exact) mass is 352 g/mol. The molecular formula is C15H5BrN4O2. The Morgan fingerprint density at radius 2 is 1.68 bits per heavy atom. The van der Waals surface area contributed by atoms with E-state index in [9.17, 15) is 9.59 Å². The third-order valence-electron chi connectivity index (χ3n) is 3.94. The molecule has 6 nitrogen and oxygen atoms in total. The van der Waals surface area contributed by atoms with Gasteiger partial charge in [0.15, 0.2) is 0 Å². The molecule has 2 aromatic carbocycles. The molecular weight excluding hydrogens is 348 g/mol. The number of aromatic amines is 1. The number of hydrogen-bond donors (Lipinski definition) is 1. The summed E-state index contributed by atoms with van der Waals surface area (Å²) in [5, 5.41) is 2.12. The van der Waals surface area contributed by atoms with Gasteiger partial charge in [0.1, 0.15) is 22.9 Å². The van der Waals surface area contributed by atoms with E-state index in [0.717, 1.165) is 15.4 Å². The Kier molecular flexibility index (Phi) is 2.03. The summed E-state index contributed by atoms with van der Waals surface area (Å²) in [6, 6.07) is 5.64. The number of hydrogen-bond acceptors (Lipinski definition) is 5. The second-order valence-electron chi connectivity index (χ2n) is 5.10. The molecule has 0 spiro atoms. The van der Waals surface area contributed by atoms with Gasteiger partial charge in [0.25, 0.3) is 11.1 Å². The lowest BCUT2D eigenvalue weighted by Crippen LogP contribution is -2.05. The summed E-state index contributed by atoms with van der Waals surface area (Å²) < 4.78 is 0.893. The highest BCUT2D eigenvalue weighted by Gasteiger charge is 2.21. The molecule has 0 aliphatic heterocycles. The van der Waals surface area contributed by atoms with Crippen molar-refractivity contribution in [1.29, 1.82) is 0 Å². The minimum atomic E-state index is -0.432. The highest BCUT2D eigenvalue weighted by molar-refractivity contribution is 9.10. The van der Waals surface area contributed by atoms with Gasteiger partial charge in [-0.05, 0) is 12.1 Å². The standard InChI is InChI=1S/C15H5BrN4O2/c16-5-1-2-6-7(3-5)19-12-8(6)9-10(15(22)20-14(9)21)11-13(12)18-4-17-11/h1-4H,(H,20,21,22). The molecule has 0 bridgehead atoms. The van der Waals surface area contributed by atoms with Crippen LogP contribution in [0.4, 0.5) is 0 Å². The number of fused-ring (bicyclic) bond motifs is 8. The minimum absolute atomic E-state index is 0.294. The number of imidazole rings is 1. The first-order valence-corrected chi connectivity index (χ1v) is 7.29. The van der Waals surface area contributed by atoms with Gasteiger partial charge in [-0.15, -0.1) is 0 Å². The van der Waals surface area contributed by atoms with Crippen molar-refractivity contribution in [3.8, 4) is 0 Å². The molecule has 22 heavy (non-hydrogen) atoms. The van der Waals surface area contributed by atoms with Crippen molar-refractivity contribution in [2.24, 2.45) is 0 Å². The van der Waals surface area contributed by atoms with Crippen LogP contribution in [0.15, 0.2) is 38.6 Å². The highest BCUT2D eigenvalue weighted by Crippen LogP contribution is 2.35. The molecule has 0 unspecified atom stereocenters. The predicted octanol–water partition coefficient (Wildman–Crippen LogP) is 2.17. The maximum absolute atomic E-state index is 12.2. The van der Waals surface area contributed by atoms with Crippen molar-refractivity contribution in [3.05, 3.63) is 49.7 Å². The number of H-pyrrole nitrogens is 1. The second-order valence-corrected chi connectivity index (χ2v) is 6.02. The summed E-state index contributed by atoms with van der Waals surface area (Å²) in [4.78, 5) is 39.7. The van der Waals surface area contributed by atoms with E-state index in [4.69, 9.17) is 0 Å². The Labute approximate surface area is 129 Å². The Morgan fingerprint density at radius 1 is 0.909 bits per heavy atom. The van der Waals surface area contributed by atoms with Gasteiger partial charge < -0.3 is 0 Å². The molecule has 3 heterocycles. The lowest BCUT2D eigenvalue weighted by Gasteiger charge is -1.95. The van der Waals surface area contributed by atoms with Crippen LogP contribution < -0.4 is 11.1 Å². The molecule has 0 radical (unpaired) electrons. The number of nitrogens with one attached hydrogen (secondary N) is 1. The summed E-state index contributed by atoms with van der Waals surface area (Å²) in [6.07, 6.45) is 1.38. The maximum Gasteiger partial charge on any atom is 0.261 e. The normalized spacial score (nSPS) is 12.2. The molecule has 0 saturated heterocycles. The average molecular weight is 353 g/mol. The van der Waals surface area contributed by atoms with Crippen LogP contribution in [0.25, 0.3) is 43.6 Å². The Balaban J connectivity index is 2.29. The van der Waals surface area contributed by atoms with Gasteiger partial charge in [-0.1, -0.05) is 22.0 Å². The van der Waals surface area contributed by atoms with Gasteiger partial charge in [0.2, 0.25) is 0 Å². The van der Waals surface area contributed by atoms with Crippen LogP contribution in [-0.2, 0) is 0 Å². The highest BCUT2D eigenvalue weighted by atomic mass is 79.9. The van der Waals surface area contributed by atoms with E-state index >= 15 is 0 Å². The molecule has 0 fully saturated rings. The van der Waals surface area contributed by atoms with E-state index in [0.29, 0.717) is 32.7 Å². The van der Waals surface area contributed by atoms with Gasteiger partial charge in [0.05, 0.1) is 16.3 Å². The van der Waals surface area contributed by atoms with Crippen molar-refractivity contribution in [3.63, 3.8) is 0 Å². The predicted molar refractivity (Wildman–Crippen MR) is 86.8 cm³/mol. The number of halogens is 1. The van der Waals surface area contributed by atoms with Crippen molar-refractivity contribution in [2.45, 2.75) is 0 Å². The van der Waals surface area contributed by atoms with E-state index in [-0.39, 0.29) is 0 Å². The SMILES string of the molecule is O=c1[nH]c(=O)c2c1c1ncnc1c1nc3cc(Br)ccc3c12. The van der Waals surface area contributed by atoms with Gasteiger partial charge in [-0.25, -0.2) is 15.0 Å². The number of rotatable bonds is 0. The van der Waals surface area contributed by atoms with Crippen LogP contribution in [0.5, 0.6) is 0 Å². The lowest BCUT2D eigenvalue weighted by atomic mass is 10.1. The topological polar surface area (TPSA) is 88.6 Å². The fourth-order valence-corrected chi connectivity index (χ4v) is 3.43. The van der Waals surface area contributed by atoms with E-state index < -0.39 is 11.1 Å². The van der Waals surface area contributed by atoms with Gasteiger partial charge in [-0.2, -0.15) is 0 Å². The molecule has 7 heteroatoms. The van der Waals surface area contributed by atoms with E-state index in [1.54, 1.807) is 0 Å². The second kappa shape index (κ2) is 3.75. The summed E-state index contributed by atoms with van der Waals surface area (Å²) >= 11 is 3.41. The van der Waals surface area contributed by atoms with Crippen molar-refractivity contribution >= 4 is 59.5 Å². The zero-order valence-electron chi connectivity index (χ0n) is 10.8. The van der Waals surface area contributed by atoms with Crippen LogP contribution in [0.3, 0.4) is 0 Å². The Morgan fingerprint density at radius 3 is 2.55 bits per heavy atom. The molecule has 5 aromatic rings. The third-order valence-corrected chi connectivity index (χ3v) is 4.43. The summed E-state index contributed by atoms with van der Waals surface area (Å²) in [5.41, 5.74) is 1.48. The quantitative estimate of drug-likeness (QED) is 0.461. The molecule has 0 saturated carbocycles. The molecule has 0 aliphatic rings. The zero-order chi connectivity index (χ0) is 15.0. The molecule has 0 atom stereocenters. The number of aromatic nitrogens is 4. The van der Waals surface area contributed by atoms with Crippen LogP contribution in [0, 0.1) is 0 Å². The zero-order valence-corrected chi connectivity index (χ0v) is 12.4. The first kappa shape index (κ1) is 11.9. The van der Waals surface area contributed by atoms with Gasteiger partial charge >= 0.3 is 0 Å². The summed E-state index contributed by atoms with van der Waals surface area (Å²) in [5.74, 6) is 0. The molecule has 104 valence electrons. The molecule has 1 N–H and O–H groups in total. The summed E-state index contributed by atoms with van der Waals surface area (Å²) in [6.45, 7) is 0. The van der Waals surface area contributed by atoms with Crippen molar-refractivity contribution in [1.82, 2.24) is 19.9 Å². The van der Waals surface area contributed by atoms with Gasteiger partial charge in [-0.3, -0.25) is 14.6 Å². The molecule has 3 aromatic heterocycles. The third kappa shape index (κ3) is 1.27. The number of benzene rings is 2. The maximum atomic E-state index is 12.2. The molecule has 5 rings (SSSR count). The van der Waals surface area contributed by atoms with Crippen LogP contribution >= 0.6 is 15.9 Å². The first-order valence-electron chi connectivity index (χ1n) is 6.50. The van der Waals surface area contributed by atoms with Crippen LogP contribution in [0.2, 0.25) is 0 Å². The van der Waals surface area contributed by atoms with Crippen molar-refractivity contribution < 1.29 is 0 Å². The van der Waals surface area contributed by atoms with Crippen molar-refractivity contribution in [2.75, 3.05) is 0 Å². The fraction of sp³-hybridized carbons (Fsp3) is 0. The smallest absolute Gasteiger partial charge is 0.261 e. The molecule has 0 aliphatic carbocycles. The number of nitrogens with zero attached hydrogens (tertiary/aromatic N) is 3. The van der Waals surface area contributed by atoms with Crippen LogP contribution in [-0.4, -0.2) is 19.9 Å². The largest absolute Gasteiger partial charge is 0.288 e. The van der Waals surface area contributed by atoms with E-state index in [1.165, 1.54) is 6.33 Å². The molecule has 0 amide bonds. The minimum Gasteiger partial charge on any atom is -0.288 e. The van der Waals surface area contributed by atoms with Crippen LogP contribution in [0.1, 0.15) is 0 Å². The van der Waals surface area contributed by atoms with Gasteiger partial charge in [0, 0.05) is 15.2 Å². The Bertz CT molecular complexity index is 1330. The fourth-order valence-electron chi connectivity index (χ4n) is 3.08. The first-order chi connectivity index (χ1) is 10.6. The van der Waals surface area contributed by atoms with E-state index in [1.807, 2.05) is 18.2 Å². The lowest BCUT2D eigenvalue weighted by molar-refractivity contribution is 1.26. The Hall–Kier alpha value is -2.67. The van der Waals surface area contributed by atoms with E-state index in [2.05, 4.69) is 35.9 Å². The average Bonchev–Trinajstić information content (AvgIpc) is 3.13.